The fourth-order valence-corrected chi connectivity index (χ4v) is 9.10. The molecule has 0 radical (unpaired) electrons. The average molecular weight is 866 g/mol. The van der Waals surface area contributed by atoms with Crippen LogP contribution in [0, 0.1) is 10.1 Å². The van der Waals surface area contributed by atoms with Crippen molar-refractivity contribution < 1.29 is 52.0 Å². The number of nitrogens with one attached hydrogen (secondary N) is 1. The Labute approximate surface area is 356 Å². The molecule has 0 aliphatic carbocycles. The number of β-lactam (4-membered cyclic amide) rings is 1. The van der Waals surface area contributed by atoms with Crippen molar-refractivity contribution in [2.75, 3.05) is 31.5 Å². The Bertz CT molecular complexity index is 2030. The Balaban J connectivity index is 0.000000263. The van der Waals surface area contributed by atoms with E-state index in [0.29, 0.717) is 23.7 Å². The van der Waals surface area contributed by atoms with E-state index in [1.807, 2.05) is 24.3 Å². The number of non-ortho nitro benzene ring substituents is 1. The number of ether oxygens (including phenoxy) is 5. The van der Waals surface area contributed by atoms with Crippen molar-refractivity contribution in [3.63, 3.8) is 0 Å². The van der Waals surface area contributed by atoms with Gasteiger partial charge in [-0.1, -0.05) is 70.2 Å². The number of carbonyl (C=O) groups excluding carboxylic acids is 4. The predicted octanol–water partition coefficient (Wildman–Crippen LogP) is 6.39. The van der Waals surface area contributed by atoms with Gasteiger partial charge in [-0.25, -0.2) is 4.79 Å². The number of esters is 2. The molecule has 3 aliphatic rings. The molecule has 6 rings (SSSR count). The van der Waals surface area contributed by atoms with Gasteiger partial charge in [0.1, 0.15) is 36.1 Å². The number of nitro benzene ring substituents is 1. The highest BCUT2D eigenvalue weighted by atomic mass is 32.2. The number of carbonyl (C=O) groups is 4. The summed E-state index contributed by atoms with van der Waals surface area (Å²) >= 11 is 1.31. The van der Waals surface area contributed by atoms with Crippen molar-refractivity contribution in [2.45, 2.75) is 89.0 Å². The fourth-order valence-electron chi connectivity index (χ4n) is 6.50. The lowest BCUT2D eigenvalue weighted by molar-refractivity contribution is -0.384. The van der Waals surface area contributed by atoms with Gasteiger partial charge in [0.15, 0.2) is 18.1 Å². The van der Waals surface area contributed by atoms with Gasteiger partial charge in [-0.05, 0) is 60.4 Å². The molecule has 0 aromatic heterocycles. The highest BCUT2D eigenvalue weighted by Gasteiger charge is 2.54. The van der Waals surface area contributed by atoms with Crippen molar-refractivity contribution in [2.24, 2.45) is 0 Å². The van der Waals surface area contributed by atoms with Crippen LogP contribution in [0.4, 0.5) is 5.69 Å². The SMILES string of the molecule is CC(=O)OCC1=C(C(=O)OCc2ccc([N+](=O)[O-])cc2)N2C(=O)C(NC(=O)COc3ccccc3)[C@H]2SC1.CCCCCCCCS(=O)C(C)Cc1ccc2c(c1)OCO2. The van der Waals surface area contributed by atoms with Gasteiger partial charge in [-0.2, -0.15) is 0 Å². The van der Waals surface area contributed by atoms with E-state index in [-0.39, 0.29) is 42.2 Å². The molecular weight excluding hydrogens is 815 g/mol. The third kappa shape index (κ3) is 13.0. The van der Waals surface area contributed by atoms with E-state index in [4.69, 9.17) is 23.7 Å². The number of hydrogen-bond acceptors (Lipinski definition) is 13. The van der Waals surface area contributed by atoms with Crippen LogP contribution in [-0.4, -0.2) is 86.0 Å². The number of amides is 2. The molecule has 15 nitrogen and oxygen atoms in total. The van der Waals surface area contributed by atoms with E-state index < -0.39 is 50.9 Å². The maximum atomic E-state index is 13.1. The first-order valence-corrected chi connectivity index (χ1v) is 22.3. The van der Waals surface area contributed by atoms with Gasteiger partial charge in [0.25, 0.3) is 17.5 Å². The third-order valence-corrected chi connectivity index (χ3v) is 12.8. The zero-order valence-electron chi connectivity index (χ0n) is 34.0. The summed E-state index contributed by atoms with van der Waals surface area (Å²) in [4.78, 5) is 61.4. The number of rotatable bonds is 20. The Morgan fingerprint density at radius 3 is 2.37 bits per heavy atom. The Morgan fingerprint density at radius 1 is 0.950 bits per heavy atom. The molecule has 60 heavy (non-hydrogen) atoms. The van der Waals surface area contributed by atoms with Crippen LogP contribution >= 0.6 is 11.8 Å². The van der Waals surface area contributed by atoms with Gasteiger partial charge < -0.3 is 29.0 Å². The maximum Gasteiger partial charge on any atom is 0.355 e. The molecular formula is C43H51N3O12S2. The van der Waals surface area contributed by atoms with Crippen LogP contribution in [0.2, 0.25) is 0 Å². The van der Waals surface area contributed by atoms with Gasteiger partial charge in [0.2, 0.25) is 6.79 Å². The summed E-state index contributed by atoms with van der Waals surface area (Å²) in [5.41, 5.74) is 1.92. The minimum Gasteiger partial charge on any atom is -0.484 e. The van der Waals surface area contributed by atoms with E-state index in [2.05, 4.69) is 19.2 Å². The number of hydrogen-bond donors (Lipinski definition) is 1. The molecule has 3 aromatic rings. The highest BCUT2D eigenvalue weighted by molar-refractivity contribution is 8.00. The van der Waals surface area contributed by atoms with Gasteiger partial charge in [0.05, 0.1) is 4.92 Å². The molecule has 322 valence electrons. The number of thioether (sulfide) groups is 1. The van der Waals surface area contributed by atoms with Gasteiger partial charge in [-0.15, -0.1) is 11.8 Å². The van der Waals surface area contributed by atoms with Crippen molar-refractivity contribution in [1.82, 2.24) is 10.2 Å². The van der Waals surface area contributed by atoms with Crippen LogP contribution < -0.4 is 19.5 Å². The molecule has 3 aromatic carbocycles. The van der Waals surface area contributed by atoms with E-state index >= 15 is 0 Å². The smallest absolute Gasteiger partial charge is 0.355 e. The molecule has 2 amide bonds. The molecule has 3 heterocycles. The summed E-state index contributed by atoms with van der Waals surface area (Å²) in [5.74, 6) is 0.836. The first-order chi connectivity index (χ1) is 28.9. The molecule has 0 spiro atoms. The summed E-state index contributed by atoms with van der Waals surface area (Å²) < 4.78 is 38.9. The molecule has 4 atom stereocenters. The summed E-state index contributed by atoms with van der Waals surface area (Å²) in [6.07, 6.45) is 8.32. The monoisotopic (exact) mass is 865 g/mol. The van der Waals surface area contributed by atoms with Crippen LogP contribution in [0.15, 0.2) is 84.1 Å². The molecule has 1 N–H and O–H groups in total. The number of unbranched alkanes of at least 4 members (excludes halogenated alkanes) is 5. The van der Waals surface area contributed by atoms with Crippen molar-refractivity contribution in [3.8, 4) is 17.2 Å². The second-order valence-electron chi connectivity index (χ2n) is 14.3. The Hall–Kier alpha value is -5.42. The van der Waals surface area contributed by atoms with E-state index in [1.165, 1.54) is 85.5 Å². The third-order valence-electron chi connectivity index (χ3n) is 9.74. The van der Waals surface area contributed by atoms with E-state index in [0.717, 1.165) is 30.1 Å². The van der Waals surface area contributed by atoms with Gasteiger partial charge in [-0.3, -0.25) is 33.6 Å². The van der Waals surface area contributed by atoms with Crippen LogP contribution in [0.25, 0.3) is 0 Å². The quantitative estimate of drug-likeness (QED) is 0.0433. The average Bonchev–Trinajstić information content (AvgIpc) is 3.73. The summed E-state index contributed by atoms with van der Waals surface area (Å²) in [6.45, 7) is 5.15. The minimum absolute atomic E-state index is 0.0482. The van der Waals surface area contributed by atoms with Crippen molar-refractivity contribution in [1.29, 1.82) is 0 Å². The Kier molecular flexibility index (Phi) is 17.4. The predicted molar refractivity (Wildman–Crippen MR) is 226 cm³/mol. The summed E-state index contributed by atoms with van der Waals surface area (Å²) in [7, 11) is -0.743. The molecule has 1 saturated heterocycles. The van der Waals surface area contributed by atoms with Crippen molar-refractivity contribution >= 4 is 52.0 Å². The van der Waals surface area contributed by atoms with E-state index in [1.54, 1.807) is 24.3 Å². The highest BCUT2D eigenvalue weighted by Crippen LogP contribution is 2.41. The molecule has 3 unspecified atom stereocenters. The van der Waals surface area contributed by atoms with Crippen LogP contribution in [0.5, 0.6) is 17.2 Å². The number of para-hydroxylation sites is 1. The fraction of sp³-hybridized carbons (Fsp3) is 0.442. The number of nitro groups is 1. The van der Waals surface area contributed by atoms with E-state index in [9.17, 15) is 33.5 Å². The molecule has 1 fully saturated rings. The summed E-state index contributed by atoms with van der Waals surface area (Å²) in [6, 6.07) is 19.4. The maximum absolute atomic E-state index is 13.1. The second kappa shape index (κ2) is 22.8. The lowest BCUT2D eigenvalue weighted by Gasteiger charge is -2.49. The molecule has 0 bridgehead atoms. The Morgan fingerprint density at radius 2 is 1.65 bits per heavy atom. The summed E-state index contributed by atoms with van der Waals surface area (Å²) in [5, 5.41) is 13.1. The van der Waals surface area contributed by atoms with Crippen LogP contribution in [0.3, 0.4) is 0 Å². The van der Waals surface area contributed by atoms with Gasteiger partial charge >= 0.3 is 11.9 Å². The minimum atomic E-state index is -0.875. The zero-order chi connectivity index (χ0) is 43.0. The number of fused-ring (bicyclic) bond motifs is 2. The molecule has 3 aliphatic heterocycles. The largest absolute Gasteiger partial charge is 0.484 e. The standard InChI is InChI=1S/C25H23N3O9S.C18H28O3S/c1-15(29)35-12-17-14-38-24-21(26-20(30)13-36-19-5-3-2-4-6-19)23(31)27(24)22(17)25(32)37-11-16-7-9-18(10-8-16)28(33)34;1-3-4-5-6-7-8-11-22(19)15(2)12-16-9-10-17-18(13-16)21-14-20-17/h2-10,21,24H,11-14H2,1H3,(H,26,30);9-10,13,15H,3-8,11-12,14H2,1-2H3/t21?,24-;/m1./s1. The lowest BCUT2D eigenvalue weighted by Crippen LogP contribution is -2.71. The first-order valence-electron chi connectivity index (χ1n) is 19.9. The lowest BCUT2D eigenvalue weighted by atomic mass is 10.0. The number of nitrogens with zero attached hydrogens (tertiary/aromatic N) is 2. The first kappa shape index (κ1) is 45.7. The topological polar surface area (TPSA) is 190 Å². The normalized spacial score (nSPS) is 17.2. The molecule has 0 saturated carbocycles. The zero-order valence-corrected chi connectivity index (χ0v) is 35.6. The van der Waals surface area contributed by atoms with Crippen LogP contribution in [0.1, 0.15) is 70.4 Å². The number of benzene rings is 3. The van der Waals surface area contributed by atoms with Crippen LogP contribution in [-0.2, 0) is 52.5 Å². The second-order valence-corrected chi connectivity index (χ2v) is 17.4. The molecule has 17 heteroatoms. The van der Waals surface area contributed by atoms with Gasteiger partial charge in [0, 0.05) is 52.2 Å². The van der Waals surface area contributed by atoms with Crippen molar-refractivity contribution in [3.05, 3.63) is 105 Å².